The standard InChI is InChI=1S/C33H52O11/c1-15(35)20-7-8-21-19-6-5-17-13-18(9-11-32(17,3)22(19)10-12-33(20,21)4)42-31-29(27(39)25(37)23(14-34)43-31)44-30-28(40)26(38)24(36)16(2)41-30/h5,16,18-31,34,36-40H,6-14H2,1-4H3/t16?,18-,19-,20+,21-,22-,23?,24-,25+,26?,27-,28-,29?,30-,31+,32-,33+/m0/s1. The molecule has 2 aliphatic heterocycles. The zero-order valence-electron chi connectivity index (χ0n) is 26.3. The van der Waals surface area contributed by atoms with Gasteiger partial charge < -0.3 is 49.6 Å². The molecule has 2 heterocycles. The molecular weight excluding hydrogens is 572 g/mol. The highest BCUT2D eigenvalue weighted by atomic mass is 16.8. The van der Waals surface area contributed by atoms with Crippen molar-refractivity contribution >= 4 is 5.78 Å². The highest BCUT2D eigenvalue weighted by Crippen LogP contribution is 2.66. The molecule has 0 spiro atoms. The minimum atomic E-state index is -1.61. The zero-order chi connectivity index (χ0) is 31.7. The Bertz CT molecular complexity index is 1100. The first-order chi connectivity index (χ1) is 20.8. The molecule has 5 fully saturated rings. The smallest absolute Gasteiger partial charge is 0.187 e. The lowest BCUT2D eigenvalue weighted by atomic mass is 9.47. The van der Waals surface area contributed by atoms with Crippen LogP contribution in [-0.2, 0) is 23.7 Å². The number of Topliss-reactive ketones (excluding diaryl/α,β-unsaturated/α-hetero) is 1. The Morgan fingerprint density at radius 3 is 2.34 bits per heavy atom. The Labute approximate surface area is 259 Å². The molecule has 0 aromatic carbocycles. The van der Waals surface area contributed by atoms with Crippen LogP contribution in [-0.4, -0.2) is 111 Å². The van der Waals surface area contributed by atoms with Crippen LogP contribution in [0.2, 0.25) is 0 Å². The molecule has 44 heavy (non-hydrogen) atoms. The van der Waals surface area contributed by atoms with E-state index in [9.17, 15) is 35.4 Å². The Hall–Kier alpha value is -0.990. The summed E-state index contributed by atoms with van der Waals surface area (Å²) in [6.45, 7) is 7.49. The van der Waals surface area contributed by atoms with E-state index < -0.39 is 68.0 Å². The van der Waals surface area contributed by atoms with Gasteiger partial charge >= 0.3 is 0 Å². The number of ether oxygens (including phenoxy) is 4. The molecule has 0 aromatic heterocycles. The number of ketones is 1. The summed E-state index contributed by atoms with van der Waals surface area (Å²) in [7, 11) is 0. The van der Waals surface area contributed by atoms with Crippen molar-refractivity contribution in [3.63, 3.8) is 0 Å². The predicted molar refractivity (Wildman–Crippen MR) is 156 cm³/mol. The molecule has 0 bridgehead atoms. The summed E-state index contributed by atoms with van der Waals surface area (Å²) in [4.78, 5) is 12.5. The molecule has 0 radical (unpaired) electrons. The summed E-state index contributed by atoms with van der Waals surface area (Å²) < 4.78 is 23.9. The quantitative estimate of drug-likeness (QED) is 0.234. The molecule has 3 saturated carbocycles. The van der Waals surface area contributed by atoms with Crippen LogP contribution in [0.15, 0.2) is 11.6 Å². The zero-order valence-corrected chi connectivity index (χ0v) is 26.3. The molecule has 4 aliphatic carbocycles. The van der Waals surface area contributed by atoms with Gasteiger partial charge in [-0.05, 0) is 93.8 Å². The van der Waals surface area contributed by atoms with Gasteiger partial charge in [-0.15, -0.1) is 0 Å². The minimum Gasteiger partial charge on any atom is -0.394 e. The molecule has 250 valence electrons. The molecule has 0 amide bonds. The van der Waals surface area contributed by atoms with Gasteiger partial charge in [-0.3, -0.25) is 4.79 Å². The number of hydrogen-bond acceptors (Lipinski definition) is 11. The third kappa shape index (κ3) is 5.33. The van der Waals surface area contributed by atoms with Gasteiger partial charge in [-0.2, -0.15) is 0 Å². The predicted octanol–water partition coefficient (Wildman–Crippen LogP) is 1.19. The maximum Gasteiger partial charge on any atom is 0.187 e. The molecule has 17 atom stereocenters. The van der Waals surface area contributed by atoms with Crippen molar-refractivity contribution in [1.82, 2.24) is 0 Å². The van der Waals surface area contributed by atoms with E-state index in [0.29, 0.717) is 30.0 Å². The SMILES string of the molecule is CC(=O)[C@H]1CC[C@H]2[C@@H]3CC=C4C[C@@H](O[C@@H]5OC(CO)[C@@H](O)[C@H](O)C5O[C@@H]5OC(C)[C@H](O)C(O)[C@@H]5O)CC[C@]4(C)[C@H]3CC[C@]12C. The maximum atomic E-state index is 12.5. The Morgan fingerprint density at radius 1 is 0.886 bits per heavy atom. The number of fused-ring (bicyclic) bond motifs is 5. The van der Waals surface area contributed by atoms with Gasteiger partial charge in [0.15, 0.2) is 12.6 Å². The van der Waals surface area contributed by atoms with E-state index in [-0.39, 0.29) is 22.9 Å². The van der Waals surface area contributed by atoms with Crippen LogP contribution in [0.3, 0.4) is 0 Å². The van der Waals surface area contributed by atoms with E-state index in [0.717, 1.165) is 44.9 Å². The lowest BCUT2D eigenvalue weighted by Crippen LogP contribution is -2.64. The van der Waals surface area contributed by atoms with Gasteiger partial charge in [0, 0.05) is 5.92 Å². The summed E-state index contributed by atoms with van der Waals surface area (Å²) in [5.41, 5.74) is 1.50. The average Bonchev–Trinajstić information content (AvgIpc) is 3.36. The second-order valence-corrected chi connectivity index (χ2v) is 15.0. The van der Waals surface area contributed by atoms with Crippen LogP contribution in [0.4, 0.5) is 0 Å². The lowest BCUT2D eigenvalue weighted by molar-refractivity contribution is -0.369. The van der Waals surface area contributed by atoms with Crippen LogP contribution in [0.1, 0.15) is 79.1 Å². The summed E-state index contributed by atoms with van der Waals surface area (Å²) in [5, 5.41) is 62.3. The monoisotopic (exact) mass is 624 g/mol. The van der Waals surface area contributed by atoms with Gasteiger partial charge in [-0.25, -0.2) is 0 Å². The summed E-state index contributed by atoms with van der Waals surface area (Å²) in [6.07, 6.45) is -3.56. The number of aliphatic hydroxyl groups is 6. The fourth-order valence-corrected chi connectivity index (χ4v) is 10.2. The topological polar surface area (TPSA) is 175 Å². The van der Waals surface area contributed by atoms with Crippen LogP contribution < -0.4 is 0 Å². The number of hydrogen-bond donors (Lipinski definition) is 6. The van der Waals surface area contributed by atoms with Gasteiger partial charge in [0.2, 0.25) is 0 Å². The molecular formula is C33H52O11. The molecule has 11 nitrogen and oxygen atoms in total. The highest BCUT2D eigenvalue weighted by molar-refractivity contribution is 5.79. The number of allylic oxidation sites excluding steroid dienone is 1. The van der Waals surface area contributed by atoms with Gasteiger partial charge in [0.25, 0.3) is 0 Å². The minimum absolute atomic E-state index is 0.0399. The number of rotatable bonds is 6. The largest absolute Gasteiger partial charge is 0.394 e. The van der Waals surface area contributed by atoms with E-state index in [1.807, 2.05) is 0 Å². The van der Waals surface area contributed by atoms with E-state index in [1.54, 1.807) is 6.92 Å². The van der Waals surface area contributed by atoms with Crippen molar-refractivity contribution in [3.8, 4) is 0 Å². The molecule has 6 rings (SSSR count). The Kier molecular flexibility index (Phi) is 9.15. The summed E-state index contributed by atoms with van der Waals surface area (Å²) >= 11 is 0. The second-order valence-electron chi connectivity index (χ2n) is 15.0. The highest BCUT2D eigenvalue weighted by Gasteiger charge is 2.60. The van der Waals surface area contributed by atoms with Crippen molar-refractivity contribution in [2.24, 2.45) is 34.5 Å². The number of carbonyl (C=O) groups is 1. The fraction of sp³-hybridized carbons (Fsp3) is 0.909. The van der Waals surface area contributed by atoms with Gasteiger partial charge in [-0.1, -0.05) is 25.5 Å². The van der Waals surface area contributed by atoms with Crippen LogP contribution in [0.5, 0.6) is 0 Å². The third-order valence-electron chi connectivity index (χ3n) is 12.8. The number of aliphatic hydroxyl groups excluding tert-OH is 6. The number of carbonyl (C=O) groups excluding carboxylic acids is 1. The summed E-state index contributed by atoms with van der Waals surface area (Å²) in [5.74, 6) is 2.21. The second kappa shape index (κ2) is 12.2. The van der Waals surface area contributed by atoms with Crippen LogP contribution in [0.25, 0.3) is 0 Å². The van der Waals surface area contributed by atoms with Gasteiger partial charge in [0.1, 0.15) is 48.5 Å². The van der Waals surface area contributed by atoms with Crippen molar-refractivity contribution in [2.45, 2.75) is 147 Å². The average molecular weight is 625 g/mol. The molecule has 0 aromatic rings. The van der Waals surface area contributed by atoms with Crippen molar-refractivity contribution in [1.29, 1.82) is 0 Å². The van der Waals surface area contributed by atoms with E-state index >= 15 is 0 Å². The van der Waals surface area contributed by atoms with Crippen molar-refractivity contribution < 1.29 is 54.4 Å². The third-order valence-corrected chi connectivity index (χ3v) is 12.8. The molecule has 6 aliphatic rings. The molecule has 11 heteroatoms. The van der Waals surface area contributed by atoms with Crippen molar-refractivity contribution in [3.05, 3.63) is 11.6 Å². The molecule has 6 N–H and O–H groups in total. The van der Waals surface area contributed by atoms with E-state index in [4.69, 9.17) is 18.9 Å². The normalized spacial score (nSPS) is 54.1. The summed E-state index contributed by atoms with van der Waals surface area (Å²) in [6, 6.07) is 0. The molecule has 2 saturated heterocycles. The van der Waals surface area contributed by atoms with Crippen LogP contribution in [0, 0.1) is 34.5 Å². The van der Waals surface area contributed by atoms with E-state index in [2.05, 4.69) is 19.9 Å². The lowest BCUT2D eigenvalue weighted by Gasteiger charge is -2.58. The molecule has 4 unspecified atom stereocenters. The maximum absolute atomic E-state index is 12.5. The van der Waals surface area contributed by atoms with Crippen LogP contribution >= 0.6 is 0 Å². The first kappa shape index (κ1) is 32.9. The van der Waals surface area contributed by atoms with E-state index in [1.165, 1.54) is 12.5 Å². The fourth-order valence-electron chi connectivity index (χ4n) is 10.2. The van der Waals surface area contributed by atoms with Gasteiger partial charge in [0.05, 0.1) is 18.8 Å². The first-order valence-electron chi connectivity index (χ1n) is 16.6. The Balaban J connectivity index is 1.17. The first-order valence-corrected chi connectivity index (χ1v) is 16.6. The van der Waals surface area contributed by atoms with Crippen molar-refractivity contribution in [2.75, 3.05) is 6.61 Å². The Morgan fingerprint density at radius 2 is 1.64 bits per heavy atom.